The van der Waals surface area contributed by atoms with E-state index < -0.39 is 5.82 Å². The van der Waals surface area contributed by atoms with Crippen LogP contribution < -0.4 is 10.0 Å². The number of rotatable bonds is 4. The maximum Gasteiger partial charge on any atom is 0.347 e. The number of para-hydroxylation sites is 1. The highest BCUT2D eigenvalue weighted by Crippen LogP contribution is 2.42. The van der Waals surface area contributed by atoms with Crippen LogP contribution in [0.15, 0.2) is 55.4 Å². The highest BCUT2D eigenvalue weighted by Gasteiger charge is 2.50. The fourth-order valence-corrected chi connectivity index (χ4v) is 2.77. The molecule has 1 unspecified atom stereocenters. The maximum absolute atomic E-state index is 14.3. The third kappa shape index (κ3) is 1.98. The number of halogens is 1. The summed E-state index contributed by atoms with van der Waals surface area (Å²) in [6.45, 7) is 4.04. The zero-order valence-corrected chi connectivity index (χ0v) is 11.4. The lowest BCUT2D eigenvalue weighted by molar-refractivity contribution is -0.127. The smallest absolute Gasteiger partial charge is 0.261 e. The lowest BCUT2D eigenvalue weighted by atomic mass is 10.2. The Bertz CT molecular complexity index is 716. The van der Waals surface area contributed by atoms with Gasteiger partial charge in [-0.15, -0.1) is 16.6 Å². The Labute approximate surface area is 122 Å². The molecule has 0 bridgehead atoms. The molecule has 0 saturated carbocycles. The summed E-state index contributed by atoms with van der Waals surface area (Å²) in [5.74, 6) is -0.637. The summed E-state index contributed by atoms with van der Waals surface area (Å²) in [5, 5.41) is 0. The molecule has 1 N–H and O–H groups in total. The van der Waals surface area contributed by atoms with E-state index in [1.807, 2.05) is 24.3 Å². The van der Waals surface area contributed by atoms with Gasteiger partial charge in [-0.25, -0.2) is 4.79 Å². The average molecular weight is 284 g/mol. The molecule has 1 aliphatic heterocycles. The van der Waals surface area contributed by atoms with Crippen LogP contribution in [0, 0.1) is 5.82 Å². The van der Waals surface area contributed by atoms with E-state index in [0.29, 0.717) is 6.54 Å². The average Bonchev–Trinajstić information content (AvgIpc) is 2.78. The Hall–Kier alpha value is -2.37. The van der Waals surface area contributed by atoms with Crippen LogP contribution in [-0.4, -0.2) is 17.4 Å². The summed E-state index contributed by atoms with van der Waals surface area (Å²) in [4.78, 5) is 16.5. The standard InChI is InChI=1S/C16H15FN3O/c1-2-8-19-20(15-7-9-18-11-13(15)17)14-6-4-3-5-12(14)10-16(20)21/h2-7,9,11,19H,1,8,10H2/q+1. The molecule has 2 heterocycles. The van der Waals surface area contributed by atoms with Gasteiger partial charge in [0.05, 0.1) is 19.2 Å². The molecular weight excluding hydrogens is 269 g/mol. The fraction of sp³-hybridized carbons (Fsp3) is 0.125. The highest BCUT2D eigenvalue weighted by molar-refractivity contribution is 6.01. The Morgan fingerprint density at radius 3 is 2.90 bits per heavy atom. The first-order valence-electron chi connectivity index (χ1n) is 6.67. The van der Waals surface area contributed by atoms with Crippen molar-refractivity contribution < 1.29 is 9.18 Å². The van der Waals surface area contributed by atoms with Gasteiger partial charge in [0.1, 0.15) is 0 Å². The van der Waals surface area contributed by atoms with Crippen LogP contribution in [0.2, 0.25) is 0 Å². The van der Waals surface area contributed by atoms with E-state index in [1.165, 1.54) is 12.3 Å². The molecule has 1 aliphatic rings. The number of amides is 1. The Morgan fingerprint density at radius 1 is 1.33 bits per heavy atom. The lowest BCUT2D eigenvalue weighted by Gasteiger charge is -2.30. The zero-order chi connectivity index (χ0) is 14.9. The second-order valence-electron chi connectivity index (χ2n) is 4.85. The molecule has 1 aromatic heterocycles. The van der Waals surface area contributed by atoms with Crippen molar-refractivity contribution in [3.8, 4) is 0 Å². The highest BCUT2D eigenvalue weighted by atomic mass is 19.1. The van der Waals surface area contributed by atoms with E-state index in [4.69, 9.17) is 0 Å². The quantitative estimate of drug-likeness (QED) is 0.693. The molecule has 21 heavy (non-hydrogen) atoms. The van der Waals surface area contributed by atoms with E-state index in [-0.39, 0.29) is 22.6 Å². The Morgan fingerprint density at radius 2 is 2.14 bits per heavy atom. The molecule has 1 amide bonds. The Kier molecular flexibility index (Phi) is 3.37. The van der Waals surface area contributed by atoms with Gasteiger partial charge in [0.15, 0.2) is 5.69 Å². The topological polar surface area (TPSA) is 42.0 Å². The molecule has 1 atom stereocenters. The number of hydrogen-bond acceptors (Lipinski definition) is 3. The van der Waals surface area contributed by atoms with Crippen LogP contribution in [0.5, 0.6) is 0 Å². The first kappa shape index (κ1) is 13.6. The number of carbonyl (C=O) groups excluding carboxylic acids is 1. The van der Waals surface area contributed by atoms with E-state index in [0.717, 1.165) is 17.4 Å². The van der Waals surface area contributed by atoms with Gasteiger partial charge in [-0.05, 0) is 0 Å². The molecule has 1 aromatic carbocycles. The van der Waals surface area contributed by atoms with Crippen LogP contribution in [0.1, 0.15) is 5.56 Å². The SMILES string of the molecule is C=CCN[N+]1(c2ccncc2F)C(=O)Cc2ccccc21. The number of hydrogen-bond donors (Lipinski definition) is 1. The van der Waals surface area contributed by atoms with Gasteiger partial charge < -0.3 is 0 Å². The minimum atomic E-state index is -0.515. The molecule has 0 fully saturated rings. The Balaban J connectivity index is 2.26. The summed E-state index contributed by atoms with van der Waals surface area (Å²) in [7, 11) is 0. The molecular formula is C16H15FN3O+. The van der Waals surface area contributed by atoms with E-state index >= 15 is 0 Å². The maximum atomic E-state index is 14.3. The van der Waals surface area contributed by atoms with Gasteiger partial charge >= 0.3 is 5.91 Å². The number of carbonyl (C=O) groups is 1. The van der Waals surface area contributed by atoms with Crippen LogP contribution >= 0.6 is 0 Å². The van der Waals surface area contributed by atoms with Gasteiger partial charge in [0.25, 0.3) is 0 Å². The summed E-state index contributed by atoms with van der Waals surface area (Å²) in [6, 6.07) is 8.99. The molecule has 5 heteroatoms. The molecule has 0 saturated heterocycles. The van der Waals surface area contributed by atoms with Gasteiger partial charge in [-0.1, -0.05) is 24.3 Å². The van der Waals surface area contributed by atoms with E-state index in [2.05, 4.69) is 17.0 Å². The fourth-order valence-electron chi connectivity index (χ4n) is 2.77. The van der Waals surface area contributed by atoms with Crippen molar-refractivity contribution in [2.45, 2.75) is 6.42 Å². The normalized spacial score (nSPS) is 20.3. The summed E-state index contributed by atoms with van der Waals surface area (Å²) in [6.07, 6.45) is 4.52. The van der Waals surface area contributed by atoms with Gasteiger partial charge in [0, 0.05) is 23.9 Å². The van der Waals surface area contributed by atoms with Crippen LogP contribution in [0.25, 0.3) is 0 Å². The number of aromatic nitrogens is 1. The predicted molar refractivity (Wildman–Crippen MR) is 79.0 cm³/mol. The molecule has 106 valence electrons. The van der Waals surface area contributed by atoms with Crippen LogP contribution in [-0.2, 0) is 11.2 Å². The monoisotopic (exact) mass is 284 g/mol. The van der Waals surface area contributed by atoms with E-state index in [9.17, 15) is 9.18 Å². The second-order valence-corrected chi connectivity index (χ2v) is 4.85. The first-order chi connectivity index (χ1) is 10.2. The van der Waals surface area contributed by atoms with Crippen LogP contribution in [0.4, 0.5) is 15.8 Å². The number of nitrogens with one attached hydrogen (secondary N) is 1. The van der Waals surface area contributed by atoms with Crippen molar-refractivity contribution >= 4 is 17.3 Å². The summed E-state index contributed by atoms with van der Waals surface area (Å²) < 4.78 is 13.9. The molecule has 3 rings (SSSR count). The van der Waals surface area contributed by atoms with Crippen molar-refractivity contribution in [3.05, 3.63) is 66.8 Å². The van der Waals surface area contributed by atoms with Crippen molar-refractivity contribution in [3.63, 3.8) is 0 Å². The molecule has 0 spiro atoms. The summed E-state index contributed by atoms with van der Waals surface area (Å²) in [5.41, 5.74) is 5.00. The molecule has 0 radical (unpaired) electrons. The largest absolute Gasteiger partial charge is 0.347 e. The van der Waals surface area contributed by atoms with Crippen molar-refractivity contribution in [2.24, 2.45) is 0 Å². The molecule has 4 nitrogen and oxygen atoms in total. The number of pyridine rings is 1. The first-order valence-corrected chi connectivity index (χ1v) is 6.67. The number of quaternary nitrogens is 1. The molecule has 2 aromatic rings. The number of benzene rings is 1. The van der Waals surface area contributed by atoms with Gasteiger partial charge in [-0.3, -0.25) is 4.98 Å². The molecule has 0 aliphatic carbocycles. The minimum absolute atomic E-state index is 0.122. The number of nitrogens with zero attached hydrogens (tertiary/aromatic N) is 2. The summed E-state index contributed by atoms with van der Waals surface area (Å²) >= 11 is 0. The third-order valence-electron chi connectivity index (χ3n) is 3.65. The van der Waals surface area contributed by atoms with Crippen molar-refractivity contribution in [1.82, 2.24) is 15.0 Å². The zero-order valence-electron chi connectivity index (χ0n) is 11.4. The van der Waals surface area contributed by atoms with Crippen molar-refractivity contribution in [1.29, 1.82) is 0 Å². The lowest BCUT2D eigenvalue weighted by Crippen LogP contribution is -2.58. The third-order valence-corrected chi connectivity index (χ3v) is 3.65. The van der Waals surface area contributed by atoms with Crippen molar-refractivity contribution in [2.75, 3.05) is 6.54 Å². The predicted octanol–water partition coefficient (Wildman–Crippen LogP) is 2.63. The number of fused-ring (bicyclic) bond motifs is 1. The minimum Gasteiger partial charge on any atom is -0.261 e. The van der Waals surface area contributed by atoms with E-state index in [1.54, 1.807) is 6.08 Å². The van der Waals surface area contributed by atoms with Gasteiger partial charge in [-0.2, -0.15) is 4.39 Å². The second kappa shape index (κ2) is 5.20. The van der Waals surface area contributed by atoms with Gasteiger partial charge in [0.2, 0.25) is 11.5 Å². The van der Waals surface area contributed by atoms with Crippen LogP contribution in [0.3, 0.4) is 0 Å².